The molecule has 1 aliphatic heterocycles. The van der Waals surface area contributed by atoms with Crippen molar-refractivity contribution in [2.45, 2.75) is 18.9 Å². The third-order valence-electron chi connectivity index (χ3n) is 4.91. The van der Waals surface area contributed by atoms with Crippen molar-refractivity contribution in [1.82, 2.24) is 15.8 Å². The number of benzene rings is 2. The number of methoxy groups -OCH3 is 3. The zero-order valence-electron chi connectivity index (χ0n) is 17.1. The summed E-state index contributed by atoms with van der Waals surface area (Å²) in [5.41, 5.74) is 2.27. The number of hydrogen-bond acceptors (Lipinski definition) is 6. The highest BCUT2D eigenvalue weighted by molar-refractivity contribution is 6.08. The average Bonchev–Trinajstić information content (AvgIpc) is 2.97. The fraction of sp³-hybridized carbons (Fsp3) is 0.286. The predicted octanol–water partition coefficient (Wildman–Crippen LogP) is 1.75. The Kier molecular flexibility index (Phi) is 5.81. The van der Waals surface area contributed by atoms with Gasteiger partial charge in [0.15, 0.2) is 11.5 Å². The molecule has 0 aromatic heterocycles. The molecule has 9 heteroatoms. The Labute approximate surface area is 173 Å². The first-order chi connectivity index (χ1) is 14.3. The zero-order chi connectivity index (χ0) is 21.9. The number of carbonyl (C=O) groups excluding carboxylic acids is 3. The van der Waals surface area contributed by atoms with Gasteiger partial charge < -0.3 is 19.5 Å². The number of carbonyl (C=O) groups is 3. The standard InChI is InChI=1S/C21H23N3O6/c1-21(14-6-8-15(28-2)9-7-14)19(26)24(20(27)22-21)23-18(25)12-13-5-10-16(29-3)17(11-13)30-4/h5-11H,12H2,1-4H3,(H,22,27)(H,23,25). The van der Waals surface area contributed by atoms with Crippen LogP contribution in [0.15, 0.2) is 42.5 Å². The second-order valence-corrected chi connectivity index (χ2v) is 6.83. The van der Waals surface area contributed by atoms with Gasteiger partial charge in [0, 0.05) is 0 Å². The number of nitrogens with zero attached hydrogens (tertiary/aromatic N) is 1. The van der Waals surface area contributed by atoms with E-state index in [-0.39, 0.29) is 6.42 Å². The van der Waals surface area contributed by atoms with E-state index in [1.54, 1.807) is 49.4 Å². The molecule has 0 saturated carbocycles. The molecule has 0 aliphatic carbocycles. The minimum absolute atomic E-state index is 0.0589. The second-order valence-electron chi connectivity index (χ2n) is 6.83. The molecule has 2 N–H and O–H groups in total. The Bertz CT molecular complexity index is 975. The van der Waals surface area contributed by atoms with Gasteiger partial charge >= 0.3 is 6.03 Å². The summed E-state index contributed by atoms with van der Waals surface area (Å²) in [4.78, 5) is 37.8. The Hall–Kier alpha value is -3.75. The highest BCUT2D eigenvalue weighted by Gasteiger charge is 2.50. The molecule has 9 nitrogen and oxygen atoms in total. The van der Waals surface area contributed by atoms with Gasteiger partial charge in [0.25, 0.3) is 5.91 Å². The normalized spacial score (nSPS) is 18.1. The molecule has 1 atom stereocenters. The summed E-state index contributed by atoms with van der Waals surface area (Å²) >= 11 is 0. The largest absolute Gasteiger partial charge is 0.497 e. The first-order valence-electron chi connectivity index (χ1n) is 9.14. The van der Waals surface area contributed by atoms with E-state index in [0.717, 1.165) is 0 Å². The lowest BCUT2D eigenvalue weighted by Gasteiger charge is -2.22. The average molecular weight is 413 g/mol. The minimum atomic E-state index is -1.31. The van der Waals surface area contributed by atoms with Gasteiger partial charge in [-0.3, -0.25) is 15.0 Å². The summed E-state index contributed by atoms with van der Waals surface area (Å²) in [5, 5.41) is 3.33. The number of amides is 4. The number of hydrazine groups is 1. The number of nitrogens with one attached hydrogen (secondary N) is 2. The quantitative estimate of drug-likeness (QED) is 0.670. The van der Waals surface area contributed by atoms with Gasteiger partial charge in [-0.05, 0) is 42.3 Å². The van der Waals surface area contributed by atoms with Gasteiger partial charge in [-0.25, -0.2) is 4.79 Å². The molecule has 1 saturated heterocycles. The van der Waals surface area contributed by atoms with E-state index in [1.165, 1.54) is 21.3 Å². The van der Waals surface area contributed by atoms with Crippen LogP contribution in [0, 0.1) is 0 Å². The maximum Gasteiger partial charge on any atom is 0.344 e. The van der Waals surface area contributed by atoms with Gasteiger partial charge in [-0.15, -0.1) is 0 Å². The lowest BCUT2D eigenvalue weighted by atomic mass is 9.92. The van der Waals surface area contributed by atoms with Crippen LogP contribution in [0.5, 0.6) is 17.2 Å². The third kappa shape index (κ3) is 3.86. The van der Waals surface area contributed by atoms with Gasteiger partial charge in [0.05, 0.1) is 27.8 Å². The minimum Gasteiger partial charge on any atom is -0.497 e. The number of urea groups is 1. The molecule has 1 unspecified atom stereocenters. The molecule has 0 spiro atoms. The lowest BCUT2D eigenvalue weighted by molar-refractivity contribution is -0.138. The van der Waals surface area contributed by atoms with E-state index in [2.05, 4.69) is 10.7 Å². The fourth-order valence-electron chi connectivity index (χ4n) is 3.20. The van der Waals surface area contributed by atoms with Crippen molar-refractivity contribution in [3.8, 4) is 17.2 Å². The van der Waals surface area contributed by atoms with Gasteiger partial charge in [-0.2, -0.15) is 5.01 Å². The van der Waals surface area contributed by atoms with Crippen LogP contribution < -0.4 is 25.0 Å². The second kappa shape index (κ2) is 8.32. The first-order valence-corrected chi connectivity index (χ1v) is 9.14. The number of ether oxygens (including phenoxy) is 3. The monoisotopic (exact) mass is 413 g/mol. The van der Waals surface area contributed by atoms with E-state index in [9.17, 15) is 14.4 Å². The molecule has 30 heavy (non-hydrogen) atoms. The van der Waals surface area contributed by atoms with Gasteiger partial charge in [0.2, 0.25) is 5.91 Å². The smallest absolute Gasteiger partial charge is 0.344 e. The Morgan fingerprint density at radius 1 is 1.00 bits per heavy atom. The lowest BCUT2D eigenvalue weighted by Crippen LogP contribution is -2.48. The molecule has 2 aromatic carbocycles. The van der Waals surface area contributed by atoms with Crippen LogP contribution >= 0.6 is 0 Å². The van der Waals surface area contributed by atoms with Gasteiger partial charge in [0.1, 0.15) is 11.3 Å². The Morgan fingerprint density at radius 2 is 1.67 bits per heavy atom. The van der Waals surface area contributed by atoms with Crippen LogP contribution in [0.3, 0.4) is 0 Å². The molecule has 1 heterocycles. The molecule has 4 amide bonds. The van der Waals surface area contributed by atoms with Crippen LogP contribution in [-0.4, -0.2) is 44.2 Å². The van der Waals surface area contributed by atoms with Crippen molar-refractivity contribution in [3.63, 3.8) is 0 Å². The van der Waals surface area contributed by atoms with Crippen LogP contribution in [0.25, 0.3) is 0 Å². The number of hydrogen-bond donors (Lipinski definition) is 2. The molecule has 0 radical (unpaired) electrons. The highest BCUT2D eigenvalue weighted by atomic mass is 16.5. The van der Waals surface area contributed by atoms with Crippen LogP contribution in [0.2, 0.25) is 0 Å². The van der Waals surface area contributed by atoms with Crippen molar-refractivity contribution in [3.05, 3.63) is 53.6 Å². The van der Waals surface area contributed by atoms with Crippen molar-refractivity contribution in [2.75, 3.05) is 21.3 Å². The highest BCUT2D eigenvalue weighted by Crippen LogP contribution is 2.30. The van der Waals surface area contributed by atoms with Gasteiger partial charge in [-0.1, -0.05) is 18.2 Å². The van der Waals surface area contributed by atoms with Crippen LogP contribution in [-0.2, 0) is 21.5 Å². The fourth-order valence-corrected chi connectivity index (χ4v) is 3.20. The predicted molar refractivity (Wildman–Crippen MR) is 107 cm³/mol. The van der Waals surface area contributed by atoms with Crippen molar-refractivity contribution >= 4 is 17.8 Å². The zero-order valence-corrected chi connectivity index (χ0v) is 17.1. The molecular formula is C21H23N3O6. The molecule has 1 fully saturated rings. The number of imide groups is 1. The third-order valence-corrected chi connectivity index (χ3v) is 4.91. The molecule has 2 aromatic rings. The van der Waals surface area contributed by atoms with E-state index >= 15 is 0 Å². The van der Waals surface area contributed by atoms with E-state index in [0.29, 0.717) is 33.4 Å². The Balaban J connectivity index is 1.72. The van der Waals surface area contributed by atoms with Crippen LogP contribution in [0.4, 0.5) is 4.79 Å². The molecular weight excluding hydrogens is 390 g/mol. The summed E-state index contributed by atoms with van der Waals surface area (Å²) in [6.45, 7) is 1.58. The summed E-state index contributed by atoms with van der Waals surface area (Å²) in [6.07, 6.45) is -0.0589. The molecule has 158 valence electrons. The summed E-state index contributed by atoms with van der Waals surface area (Å²) in [7, 11) is 4.55. The summed E-state index contributed by atoms with van der Waals surface area (Å²) in [6, 6.07) is 11.1. The van der Waals surface area contributed by atoms with Crippen molar-refractivity contribution < 1.29 is 28.6 Å². The van der Waals surface area contributed by atoms with E-state index < -0.39 is 23.4 Å². The molecule has 1 aliphatic rings. The summed E-state index contributed by atoms with van der Waals surface area (Å²) in [5.74, 6) is 0.526. The van der Waals surface area contributed by atoms with Crippen molar-refractivity contribution in [2.24, 2.45) is 0 Å². The maximum atomic E-state index is 12.9. The molecule has 3 rings (SSSR count). The SMILES string of the molecule is COc1ccc(C2(C)NC(=O)N(NC(=O)Cc3ccc(OC)c(OC)c3)C2=O)cc1. The summed E-state index contributed by atoms with van der Waals surface area (Å²) < 4.78 is 15.5. The number of rotatable bonds is 7. The maximum absolute atomic E-state index is 12.9. The Morgan fingerprint density at radius 3 is 2.27 bits per heavy atom. The van der Waals surface area contributed by atoms with E-state index in [1.807, 2.05) is 0 Å². The van der Waals surface area contributed by atoms with Crippen molar-refractivity contribution in [1.29, 1.82) is 0 Å². The van der Waals surface area contributed by atoms with E-state index in [4.69, 9.17) is 14.2 Å². The van der Waals surface area contributed by atoms with Crippen LogP contribution in [0.1, 0.15) is 18.1 Å². The topological polar surface area (TPSA) is 106 Å². The first kappa shape index (κ1) is 21.0. The molecule has 0 bridgehead atoms.